The summed E-state index contributed by atoms with van der Waals surface area (Å²) in [4.78, 5) is 9.57. The molecule has 4 heteroatoms. The van der Waals surface area contributed by atoms with Gasteiger partial charge >= 0.3 is 0 Å². The number of nitrogens with zero attached hydrogens (tertiary/aromatic N) is 3. The monoisotopic (exact) mass is 325 g/mol. The molecule has 1 aromatic carbocycles. The number of pyridine rings is 1. The number of piperidine rings is 1. The predicted molar refractivity (Wildman–Crippen MR) is 98.6 cm³/mol. The van der Waals surface area contributed by atoms with Crippen molar-refractivity contribution in [2.75, 3.05) is 37.6 Å². The summed E-state index contributed by atoms with van der Waals surface area (Å²) in [6, 6.07) is 10.6. The highest BCUT2D eigenvalue weighted by molar-refractivity contribution is 5.91. The highest BCUT2D eigenvalue weighted by Crippen LogP contribution is 2.28. The third-order valence-corrected chi connectivity index (χ3v) is 5.20. The maximum Gasteiger partial charge on any atom is 0.0881 e. The maximum atomic E-state index is 6.25. The summed E-state index contributed by atoms with van der Waals surface area (Å²) in [5, 5.41) is 1.24. The maximum absolute atomic E-state index is 6.25. The van der Waals surface area contributed by atoms with Crippen LogP contribution in [0.4, 0.5) is 5.69 Å². The number of benzene rings is 1. The minimum Gasteiger partial charge on any atom is -0.370 e. The van der Waals surface area contributed by atoms with E-state index in [-0.39, 0.29) is 6.10 Å². The van der Waals surface area contributed by atoms with Crippen molar-refractivity contribution in [3.8, 4) is 0 Å². The molecule has 3 heterocycles. The molecule has 0 amide bonds. The molecule has 2 aliphatic rings. The van der Waals surface area contributed by atoms with Crippen LogP contribution in [0.1, 0.15) is 26.2 Å². The van der Waals surface area contributed by atoms with Crippen LogP contribution in [0.3, 0.4) is 0 Å². The van der Waals surface area contributed by atoms with Crippen LogP contribution in [0.15, 0.2) is 36.5 Å². The Balaban J connectivity index is 1.53. The lowest BCUT2D eigenvalue weighted by molar-refractivity contribution is -0.0342. The van der Waals surface area contributed by atoms with Crippen molar-refractivity contribution < 1.29 is 4.74 Å². The second-order valence-electron chi connectivity index (χ2n) is 7.18. The van der Waals surface area contributed by atoms with Crippen LogP contribution in [0.5, 0.6) is 0 Å². The largest absolute Gasteiger partial charge is 0.370 e. The topological polar surface area (TPSA) is 28.6 Å². The lowest BCUT2D eigenvalue weighted by atomic mass is 10.1. The van der Waals surface area contributed by atoms with Crippen LogP contribution in [0, 0.1) is 0 Å². The summed E-state index contributed by atoms with van der Waals surface area (Å²) < 4.78 is 6.25. The molecular formula is C20H27N3O. The number of morpholine rings is 1. The molecule has 0 unspecified atom stereocenters. The van der Waals surface area contributed by atoms with Gasteiger partial charge in [0.2, 0.25) is 0 Å². The van der Waals surface area contributed by atoms with E-state index in [0.717, 1.165) is 25.2 Å². The summed E-state index contributed by atoms with van der Waals surface area (Å²) >= 11 is 0. The van der Waals surface area contributed by atoms with Crippen molar-refractivity contribution in [1.29, 1.82) is 0 Å². The highest BCUT2D eigenvalue weighted by atomic mass is 16.5. The van der Waals surface area contributed by atoms with Crippen LogP contribution in [0.25, 0.3) is 10.9 Å². The van der Waals surface area contributed by atoms with Crippen molar-refractivity contribution in [1.82, 2.24) is 9.88 Å². The fourth-order valence-corrected chi connectivity index (χ4v) is 4.14. The first-order valence-corrected chi connectivity index (χ1v) is 9.26. The molecule has 128 valence electrons. The molecule has 2 fully saturated rings. The summed E-state index contributed by atoms with van der Waals surface area (Å²) in [5.41, 5.74) is 2.36. The van der Waals surface area contributed by atoms with Crippen molar-refractivity contribution in [3.63, 3.8) is 0 Å². The molecule has 1 aromatic heterocycles. The van der Waals surface area contributed by atoms with Crippen molar-refractivity contribution in [2.45, 2.75) is 38.4 Å². The number of rotatable bonds is 3. The van der Waals surface area contributed by atoms with Gasteiger partial charge in [-0.25, -0.2) is 0 Å². The number of hydrogen-bond acceptors (Lipinski definition) is 4. The van der Waals surface area contributed by atoms with Gasteiger partial charge in [0.05, 0.1) is 17.7 Å². The van der Waals surface area contributed by atoms with Crippen LogP contribution >= 0.6 is 0 Å². The average Bonchev–Trinajstić information content (AvgIpc) is 2.61. The molecule has 0 spiro atoms. The molecule has 4 rings (SSSR count). The van der Waals surface area contributed by atoms with Gasteiger partial charge in [-0.05, 0) is 57.1 Å². The Hall–Kier alpha value is -1.65. The van der Waals surface area contributed by atoms with Crippen LogP contribution in [-0.2, 0) is 4.74 Å². The van der Waals surface area contributed by atoms with Gasteiger partial charge in [-0.15, -0.1) is 0 Å². The first-order valence-electron chi connectivity index (χ1n) is 9.26. The molecule has 2 aromatic rings. The third kappa shape index (κ3) is 3.40. The summed E-state index contributed by atoms with van der Waals surface area (Å²) in [6.07, 6.45) is 6.47. The van der Waals surface area contributed by atoms with Crippen LogP contribution in [-0.4, -0.2) is 54.8 Å². The van der Waals surface area contributed by atoms with Crippen molar-refractivity contribution in [3.05, 3.63) is 36.5 Å². The quantitative estimate of drug-likeness (QED) is 0.865. The van der Waals surface area contributed by atoms with E-state index in [2.05, 4.69) is 46.0 Å². The van der Waals surface area contributed by atoms with Gasteiger partial charge in [0.1, 0.15) is 0 Å². The second-order valence-corrected chi connectivity index (χ2v) is 7.18. The number of hydrogen-bond donors (Lipinski definition) is 0. The van der Waals surface area contributed by atoms with Gasteiger partial charge in [-0.1, -0.05) is 12.5 Å². The smallest absolute Gasteiger partial charge is 0.0881 e. The van der Waals surface area contributed by atoms with Crippen LogP contribution in [0.2, 0.25) is 0 Å². The normalized spacial score (nSPS) is 26.0. The van der Waals surface area contributed by atoms with E-state index in [4.69, 9.17) is 4.74 Å². The van der Waals surface area contributed by atoms with Gasteiger partial charge in [0.15, 0.2) is 0 Å². The van der Waals surface area contributed by atoms with Crippen LogP contribution < -0.4 is 4.90 Å². The first-order chi connectivity index (χ1) is 11.8. The molecule has 2 aliphatic heterocycles. The van der Waals surface area contributed by atoms with E-state index >= 15 is 0 Å². The lowest BCUT2D eigenvalue weighted by Gasteiger charge is -2.41. The second kappa shape index (κ2) is 7.08. The predicted octanol–water partition coefficient (Wildman–Crippen LogP) is 3.31. The molecule has 0 radical (unpaired) electrons. The Labute approximate surface area is 144 Å². The Morgan fingerprint density at radius 3 is 2.83 bits per heavy atom. The Kier molecular flexibility index (Phi) is 4.67. The minimum absolute atomic E-state index is 0.264. The molecular weight excluding hydrogens is 298 g/mol. The minimum atomic E-state index is 0.264. The molecule has 24 heavy (non-hydrogen) atoms. The molecule has 2 atom stereocenters. The molecule has 4 nitrogen and oxygen atoms in total. The van der Waals surface area contributed by atoms with Gasteiger partial charge in [-0.3, -0.25) is 4.98 Å². The zero-order chi connectivity index (χ0) is 16.4. The number of likely N-dealkylation sites (tertiary alicyclic amines) is 1. The van der Waals surface area contributed by atoms with E-state index in [1.54, 1.807) is 0 Å². The summed E-state index contributed by atoms with van der Waals surface area (Å²) in [6.45, 7) is 7.63. The zero-order valence-corrected chi connectivity index (χ0v) is 14.5. The summed E-state index contributed by atoms with van der Waals surface area (Å²) in [5.74, 6) is 0. The SMILES string of the molecule is C[C@@H]1CN(c2cccc3ncccc23)C[C@H](CN2CCCCC2)O1. The van der Waals surface area contributed by atoms with Gasteiger partial charge in [0.25, 0.3) is 0 Å². The highest BCUT2D eigenvalue weighted by Gasteiger charge is 2.28. The third-order valence-electron chi connectivity index (χ3n) is 5.20. The molecule has 0 N–H and O–H groups in total. The lowest BCUT2D eigenvalue weighted by Crippen LogP contribution is -2.51. The summed E-state index contributed by atoms with van der Waals surface area (Å²) in [7, 11) is 0. The molecule has 0 saturated carbocycles. The Morgan fingerprint density at radius 2 is 1.96 bits per heavy atom. The fraction of sp³-hybridized carbons (Fsp3) is 0.550. The first kappa shape index (κ1) is 15.9. The number of ether oxygens (including phenoxy) is 1. The van der Waals surface area contributed by atoms with Crippen molar-refractivity contribution >= 4 is 16.6 Å². The number of fused-ring (bicyclic) bond motifs is 1. The van der Waals surface area contributed by atoms with E-state index in [0.29, 0.717) is 6.10 Å². The van der Waals surface area contributed by atoms with Gasteiger partial charge in [0, 0.05) is 36.9 Å². The van der Waals surface area contributed by atoms with E-state index < -0.39 is 0 Å². The van der Waals surface area contributed by atoms with E-state index in [1.807, 2.05) is 12.3 Å². The molecule has 2 saturated heterocycles. The average molecular weight is 325 g/mol. The molecule has 0 aliphatic carbocycles. The zero-order valence-electron chi connectivity index (χ0n) is 14.5. The standard InChI is InChI=1S/C20H27N3O/c1-16-13-23(15-17(24-16)14-22-11-3-2-4-12-22)20-9-5-8-19-18(20)7-6-10-21-19/h5-10,16-17H,2-4,11-15H2,1H3/t16-,17+/m1/s1. The van der Waals surface area contributed by atoms with E-state index in [9.17, 15) is 0 Å². The van der Waals surface area contributed by atoms with Crippen molar-refractivity contribution in [2.24, 2.45) is 0 Å². The fourth-order valence-electron chi connectivity index (χ4n) is 4.14. The van der Waals surface area contributed by atoms with Gasteiger partial charge < -0.3 is 14.5 Å². The Morgan fingerprint density at radius 1 is 1.08 bits per heavy atom. The number of aromatic nitrogens is 1. The number of anilines is 1. The van der Waals surface area contributed by atoms with E-state index in [1.165, 1.54) is 43.4 Å². The molecule has 0 bridgehead atoms. The van der Waals surface area contributed by atoms with Gasteiger partial charge in [-0.2, -0.15) is 0 Å². The Bertz CT molecular complexity index is 678.